The first-order valence-corrected chi connectivity index (χ1v) is 7.67. The van der Waals surface area contributed by atoms with Gasteiger partial charge in [-0.3, -0.25) is 4.98 Å². The Morgan fingerprint density at radius 1 is 1.22 bits per heavy atom. The average Bonchev–Trinajstić information content (AvgIpc) is 3.03. The topological polar surface area (TPSA) is 51.8 Å². The van der Waals surface area contributed by atoms with E-state index in [4.69, 9.17) is 4.52 Å². The summed E-state index contributed by atoms with van der Waals surface area (Å²) in [6.07, 6.45) is 2.62. The van der Waals surface area contributed by atoms with Gasteiger partial charge < -0.3 is 4.52 Å². The SMILES string of the molecule is FC1(F)CCCC(c2nc(-c3ccc4ncccc4c3)no2)C1. The van der Waals surface area contributed by atoms with Gasteiger partial charge in [0.2, 0.25) is 17.6 Å². The summed E-state index contributed by atoms with van der Waals surface area (Å²) in [6, 6.07) is 9.48. The van der Waals surface area contributed by atoms with Gasteiger partial charge >= 0.3 is 0 Å². The summed E-state index contributed by atoms with van der Waals surface area (Å²) in [5, 5.41) is 4.94. The molecule has 1 aliphatic rings. The van der Waals surface area contributed by atoms with Gasteiger partial charge in [-0.1, -0.05) is 11.2 Å². The van der Waals surface area contributed by atoms with Crippen molar-refractivity contribution < 1.29 is 13.3 Å². The van der Waals surface area contributed by atoms with Crippen LogP contribution in [-0.4, -0.2) is 21.0 Å². The molecule has 4 nitrogen and oxygen atoms in total. The number of hydrogen-bond donors (Lipinski definition) is 0. The first kappa shape index (κ1) is 14.2. The third kappa shape index (κ3) is 2.81. The molecule has 1 saturated carbocycles. The number of rotatable bonds is 2. The molecule has 2 heterocycles. The molecule has 1 aliphatic carbocycles. The molecular weight excluding hydrogens is 300 g/mol. The molecule has 0 saturated heterocycles. The molecular formula is C17H15F2N3O. The van der Waals surface area contributed by atoms with Crippen molar-refractivity contribution in [1.29, 1.82) is 0 Å². The number of benzene rings is 1. The monoisotopic (exact) mass is 315 g/mol. The van der Waals surface area contributed by atoms with Gasteiger partial charge in [-0.25, -0.2) is 8.78 Å². The molecule has 118 valence electrons. The van der Waals surface area contributed by atoms with Crippen molar-refractivity contribution in [3.63, 3.8) is 0 Å². The van der Waals surface area contributed by atoms with E-state index in [9.17, 15) is 8.78 Å². The Morgan fingerprint density at radius 2 is 2.13 bits per heavy atom. The molecule has 23 heavy (non-hydrogen) atoms. The van der Waals surface area contributed by atoms with Crippen LogP contribution in [0.3, 0.4) is 0 Å². The second-order valence-corrected chi connectivity index (χ2v) is 6.02. The van der Waals surface area contributed by atoms with Crippen molar-refractivity contribution in [1.82, 2.24) is 15.1 Å². The predicted molar refractivity (Wildman–Crippen MR) is 81.2 cm³/mol. The fourth-order valence-electron chi connectivity index (χ4n) is 3.12. The van der Waals surface area contributed by atoms with Crippen molar-refractivity contribution in [2.75, 3.05) is 0 Å². The molecule has 3 aromatic rings. The largest absolute Gasteiger partial charge is 0.339 e. The number of fused-ring (bicyclic) bond motifs is 1. The van der Waals surface area contributed by atoms with Crippen LogP contribution in [-0.2, 0) is 0 Å². The fraction of sp³-hybridized carbons (Fsp3) is 0.353. The number of halogens is 2. The summed E-state index contributed by atoms with van der Waals surface area (Å²) < 4.78 is 32.3. The first-order chi connectivity index (χ1) is 11.1. The van der Waals surface area contributed by atoms with Crippen molar-refractivity contribution in [2.45, 2.75) is 37.5 Å². The van der Waals surface area contributed by atoms with E-state index in [1.54, 1.807) is 6.20 Å². The Hall–Kier alpha value is -2.37. The Labute approximate surface area is 131 Å². The molecule has 0 radical (unpaired) electrons. The lowest BCUT2D eigenvalue weighted by Crippen LogP contribution is -2.25. The Balaban J connectivity index is 1.64. The van der Waals surface area contributed by atoms with E-state index in [2.05, 4.69) is 15.1 Å². The van der Waals surface area contributed by atoms with Gasteiger partial charge in [-0.15, -0.1) is 0 Å². The van der Waals surface area contributed by atoms with Gasteiger partial charge in [0.25, 0.3) is 0 Å². The summed E-state index contributed by atoms with van der Waals surface area (Å²) in [4.78, 5) is 8.61. The maximum absolute atomic E-state index is 13.5. The van der Waals surface area contributed by atoms with Crippen LogP contribution in [0.15, 0.2) is 41.1 Å². The lowest BCUT2D eigenvalue weighted by Gasteiger charge is -2.26. The minimum absolute atomic E-state index is 0.0534. The lowest BCUT2D eigenvalue weighted by molar-refractivity contribution is -0.0440. The maximum atomic E-state index is 13.5. The van der Waals surface area contributed by atoms with Crippen molar-refractivity contribution >= 4 is 10.9 Å². The van der Waals surface area contributed by atoms with Crippen LogP contribution in [0, 0.1) is 0 Å². The quantitative estimate of drug-likeness (QED) is 0.694. The van der Waals surface area contributed by atoms with Gasteiger partial charge in [-0.05, 0) is 37.1 Å². The van der Waals surface area contributed by atoms with Crippen molar-refractivity contribution in [3.8, 4) is 11.4 Å². The zero-order valence-electron chi connectivity index (χ0n) is 12.4. The number of alkyl halides is 2. The highest BCUT2D eigenvalue weighted by molar-refractivity contribution is 5.82. The van der Waals surface area contributed by atoms with Gasteiger partial charge in [0.1, 0.15) is 0 Å². The second kappa shape index (κ2) is 5.37. The molecule has 4 rings (SSSR count). The van der Waals surface area contributed by atoms with Gasteiger partial charge in [-0.2, -0.15) is 4.98 Å². The van der Waals surface area contributed by atoms with Crippen LogP contribution in [0.5, 0.6) is 0 Å². The maximum Gasteiger partial charge on any atom is 0.248 e. The third-order valence-electron chi connectivity index (χ3n) is 4.29. The minimum Gasteiger partial charge on any atom is -0.339 e. The minimum atomic E-state index is -2.63. The number of aromatic nitrogens is 3. The molecule has 0 bridgehead atoms. The van der Waals surface area contributed by atoms with Crippen LogP contribution >= 0.6 is 0 Å². The lowest BCUT2D eigenvalue weighted by atomic mass is 9.86. The highest BCUT2D eigenvalue weighted by Gasteiger charge is 2.39. The Bertz CT molecular complexity index is 846. The van der Waals surface area contributed by atoms with Crippen LogP contribution in [0.1, 0.15) is 37.5 Å². The average molecular weight is 315 g/mol. The van der Waals surface area contributed by atoms with Crippen molar-refractivity contribution in [2.24, 2.45) is 0 Å². The highest BCUT2D eigenvalue weighted by Crippen LogP contribution is 2.41. The van der Waals surface area contributed by atoms with Gasteiger partial charge in [0.15, 0.2) is 0 Å². The zero-order valence-corrected chi connectivity index (χ0v) is 12.4. The van der Waals surface area contributed by atoms with E-state index in [0.29, 0.717) is 24.6 Å². The third-order valence-corrected chi connectivity index (χ3v) is 4.29. The molecule has 1 aromatic carbocycles. The summed E-state index contributed by atoms with van der Waals surface area (Å²) in [5.41, 5.74) is 1.68. The second-order valence-electron chi connectivity index (χ2n) is 6.02. The van der Waals surface area contributed by atoms with Crippen LogP contribution in [0.4, 0.5) is 8.78 Å². The Morgan fingerprint density at radius 3 is 3.00 bits per heavy atom. The van der Waals surface area contributed by atoms with Gasteiger partial charge in [0, 0.05) is 35.9 Å². The van der Waals surface area contributed by atoms with E-state index < -0.39 is 5.92 Å². The molecule has 1 unspecified atom stereocenters. The fourth-order valence-corrected chi connectivity index (χ4v) is 3.12. The molecule has 1 fully saturated rings. The molecule has 6 heteroatoms. The van der Waals surface area contributed by atoms with Crippen LogP contribution in [0.2, 0.25) is 0 Å². The standard InChI is InChI=1S/C17H15F2N3O/c18-17(19)7-1-3-13(10-17)16-21-15(22-23-16)12-5-6-14-11(9-12)4-2-8-20-14/h2,4-6,8-9,13H,1,3,7,10H2. The predicted octanol–water partition coefficient (Wildman–Crippen LogP) is 4.58. The van der Waals surface area contributed by atoms with Crippen LogP contribution < -0.4 is 0 Å². The zero-order chi connectivity index (χ0) is 15.9. The molecule has 0 N–H and O–H groups in total. The van der Waals surface area contributed by atoms with E-state index in [-0.39, 0.29) is 18.8 Å². The molecule has 0 spiro atoms. The summed E-state index contributed by atoms with van der Waals surface area (Å²) in [6.45, 7) is 0. The number of nitrogens with zero attached hydrogens (tertiary/aromatic N) is 3. The molecule has 1 atom stereocenters. The van der Waals surface area contributed by atoms with Crippen molar-refractivity contribution in [3.05, 3.63) is 42.4 Å². The van der Waals surface area contributed by atoms with Crippen LogP contribution in [0.25, 0.3) is 22.3 Å². The number of pyridine rings is 1. The van der Waals surface area contributed by atoms with E-state index in [1.807, 2.05) is 30.3 Å². The molecule has 2 aromatic heterocycles. The summed E-state index contributed by atoms with van der Waals surface area (Å²) in [7, 11) is 0. The van der Waals surface area contributed by atoms with E-state index in [0.717, 1.165) is 16.5 Å². The molecule has 0 amide bonds. The highest BCUT2D eigenvalue weighted by atomic mass is 19.3. The first-order valence-electron chi connectivity index (χ1n) is 7.67. The summed E-state index contributed by atoms with van der Waals surface area (Å²) >= 11 is 0. The normalized spacial score (nSPS) is 20.7. The van der Waals surface area contributed by atoms with E-state index in [1.165, 1.54) is 0 Å². The summed E-state index contributed by atoms with van der Waals surface area (Å²) in [5.74, 6) is -2.25. The smallest absolute Gasteiger partial charge is 0.248 e. The Kier molecular flexibility index (Phi) is 3.32. The van der Waals surface area contributed by atoms with E-state index >= 15 is 0 Å². The molecule has 0 aliphatic heterocycles. The number of hydrogen-bond acceptors (Lipinski definition) is 4. The van der Waals surface area contributed by atoms with Gasteiger partial charge in [0.05, 0.1) is 5.52 Å².